The number of hydrogen-bond donors (Lipinski definition) is 2. The van der Waals surface area contributed by atoms with Gasteiger partial charge in [-0.05, 0) is 13.2 Å². The van der Waals surface area contributed by atoms with Gasteiger partial charge in [-0.15, -0.1) is 0 Å². The normalized spacial score (nSPS) is 10.0. The third-order valence-electron chi connectivity index (χ3n) is 2.47. The number of amides is 1. The van der Waals surface area contributed by atoms with Crippen LogP contribution in [0.4, 0.5) is 11.6 Å². The molecular weight excluding hydrogens is 250 g/mol. The van der Waals surface area contributed by atoms with E-state index in [4.69, 9.17) is 0 Å². The molecule has 1 aromatic heterocycles. The SMILES string of the molecule is CCN(C)C(=O)CNc1cc(NC)nc(SC)n1. The molecule has 6 nitrogen and oxygen atoms in total. The molecule has 1 rings (SSSR count). The van der Waals surface area contributed by atoms with Crippen LogP contribution in [-0.2, 0) is 4.79 Å². The molecule has 0 saturated heterocycles. The molecule has 0 aliphatic heterocycles. The molecule has 18 heavy (non-hydrogen) atoms. The maximum absolute atomic E-state index is 11.7. The summed E-state index contributed by atoms with van der Waals surface area (Å²) >= 11 is 1.46. The lowest BCUT2D eigenvalue weighted by molar-refractivity contribution is -0.127. The summed E-state index contributed by atoms with van der Waals surface area (Å²) in [5.41, 5.74) is 0. The molecule has 0 aliphatic carbocycles. The molecule has 0 aromatic carbocycles. The van der Waals surface area contributed by atoms with E-state index in [1.807, 2.05) is 13.2 Å². The Bertz CT molecular complexity index is 390. The van der Waals surface area contributed by atoms with Crippen molar-refractivity contribution in [3.63, 3.8) is 0 Å². The van der Waals surface area contributed by atoms with Crippen LogP contribution in [0, 0.1) is 0 Å². The van der Waals surface area contributed by atoms with E-state index >= 15 is 0 Å². The largest absolute Gasteiger partial charge is 0.373 e. The van der Waals surface area contributed by atoms with Crippen LogP contribution < -0.4 is 10.6 Å². The van der Waals surface area contributed by atoms with Gasteiger partial charge in [0.15, 0.2) is 5.16 Å². The lowest BCUT2D eigenvalue weighted by atomic mass is 10.4. The van der Waals surface area contributed by atoms with E-state index in [1.165, 1.54) is 11.8 Å². The second-order valence-corrected chi connectivity index (χ2v) is 4.41. The highest BCUT2D eigenvalue weighted by molar-refractivity contribution is 7.98. The van der Waals surface area contributed by atoms with Crippen LogP contribution in [0.2, 0.25) is 0 Å². The monoisotopic (exact) mass is 269 g/mol. The Morgan fingerprint density at radius 3 is 2.67 bits per heavy atom. The van der Waals surface area contributed by atoms with Gasteiger partial charge in [0.05, 0.1) is 6.54 Å². The smallest absolute Gasteiger partial charge is 0.241 e. The quantitative estimate of drug-likeness (QED) is 0.596. The van der Waals surface area contributed by atoms with E-state index in [2.05, 4.69) is 20.6 Å². The van der Waals surface area contributed by atoms with Crippen molar-refractivity contribution in [2.24, 2.45) is 0 Å². The summed E-state index contributed by atoms with van der Waals surface area (Å²) in [4.78, 5) is 21.9. The number of likely N-dealkylation sites (N-methyl/N-ethyl adjacent to an activating group) is 1. The van der Waals surface area contributed by atoms with Crippen LogP contribution in [0.1, 0.15) is 6.92 Å². The fourth-order valence-corrected chi connectivity index (χ4v) is 1.59. The van der Waals surface area contributed by atoms with Crippen LogP contribution in [-0.4, -0.2) is 54.2 Å². The van der Waals surface area contributed by atoms with Crippen molar-refractivity contribution in [2.75, 3.05) is 44.1 Å². The highest BCUT2D eigenvalue weighted by Gasteiger charge is 2.08. The Labute approximate surface area is 112 Å². The fourth-order valence-electron chi connectivity index (χ4n) is 1.21. The molecule has 0 saturated carbocycles. The van der Waals surface area contributed by atoms with Gasteiger partial charge in [0.25, 0.3) is 0 Å². The standard InChI is InChI=1S/C11H19N5OS/c1-5-16(3)10(17)7-13-9-6-8(12-2)14-11(15-9)18-4/h6H,5,7H2,1-4H3,(H2,12,13,14,15). The van der Waals surface area contributed by atoms with Crippen molar-refractivity contribution < 1.29 is 4.79 Å². The van der Waals surface area contributed by atoms with Crippen molar-refractivity contribution in [1.29, 1.82) is 0 Å². The summed E-state index contributed by atoms with van der Waals surface area (Å²) < 4.78 is 0. The van der Waals surface area contributed by atoms with E-state index in [-0.39, 0.29) is 12.5 Å². The number of thioether (sulfide) groups is 1. The van der Waals surface area contributed by atoms with E-state index in [0.717, 1.165) is 5.82 Å². The number of hydrogen-bond acceptors (Lipinski definition) is 6. The van der Waals surface area contributed by atoms with Crippen LogP contribution >= 0.6 is 11.8 Å². The van der Waals surface area contributed by atoms with Crippen molar-refractivity contribution in [3.05, 3.63) is 6.07 Å². The minimum absolute atomic E-state index is 0.0350. The van der Waals surface area contributed by atoms with Gasteiger partial charge >= 0.3 is 0 Å². The van der Waals surface area contributed by atoms with Gasteiger partial charge in [0.1, 0.15) is 11.6 Å². The molecule has 0 aliphatic rings. The number of aromatic nitrogens is 2. The minimum atomic E-state index is 0.0350. The maximum Gasteiger partial charge on any atom is 0.241 e. The zero-order valence-corrected chi connectivity index (χ0v) is 12.0. The number of carbonyl (C=O) groups is 1. The van der Waals surface area contributed by atoms with Gasteiger partial charge in [-0.2, -0.15) is 0 Å². The Morgan fingerprint density at radius 2 is 2.11 bits per heavy atom. The first kappa shape index (κ1) is 14.6. The van der Waals surface area contributed by atoms with Crippen molar-refractivity contribution in [3.8, 4) is 0 Å². The third kappa shape index (κ3) is 4.06. The summed E-state index contributed by atoms with van der Waals surface area (Å²) in [7, 11) is 3.57. The van der Waals surface area contributed by atoms with Gasteiger partial charge in [0.2, 0.25) is 5.91 Å². The highest BCUT2D eigenvalue weighted by Crippen LogP contribution is 2.16. The summed E-state index contributed by atoms with van der Waals surface area (Å²) in [5, 5.41) is 6.64. The second-order valence-electron chi connectivity index (χ2n) is 3.64. The van der Waals surface area contributed by atoms with Crippen LogP contribution in [0.3, 0.4) is 0 Å². The van der Waals surface area contributed by atoms with Gasteiger partial charge < -0.3 is 15.5 Å². The topological polar surface area (TPSA) is 70.2 Å². The van der Waals surface area contributed by atoms with Crippen LogP contribution in [0.15, 0.2) is 11.2 Å². The minimum Gasteiger partial charge on any atom is -0.373 e. The molecule has 1 heterocycles. The van der Waals surface area contributed by atoms with Crippen molar-refractivity contribution in [1.82, 2.24) is 14.9 Å². The van der Waals surface area contributed by atoms with E-state index in [9.17, 15) is 4.79 Å². The summed E-state index contributed by atoms with van der Waals surface area (Å²) in [6, 6.07) is 1.78. The molecule has 1 amide bonds. The molecule has 0 radical (unpaired) electrons. The second kappa shape index (κ2) is 7.05. The zero-order chi connectivity index (χ0) is 13.5. The number of nitrogens with zero attached hydrogens (tertiary/aromatic N) is 3. The van der Waals surface area contributed by atoms with Crippen LogP contribution in [0.25, 0.3) is 0 Å². The molecule has 0 unspecified atom stereocenters. The Morgan fingerprint density at radius 1 is 1.44 bits per heavy atom. The zero-order valence-electron chi connectivity index (χ0n) is 11.1. The van der Waals surface area contributed by atoms with Crippen molar-refractivity contribution >= 4 is 29.3 Å². The van der Waals surface area contributed by atoms with E-state index in [0.29, 0.717) is 17.5 Å². The molecule has 0 atom stereocenters. The van der Waals surface area contributed by atoms with Gasteiger partial charge in [0, 0.05) is 26.7 Å². The molecular formula is C11H19N5OS. The predicted octanol–water partition coefficient (Wildman–Crippen LogP) is 1.13. The molecule has 2 N–H and O–H groups in total. The number of nitrogens with one attached hydrogen (secondary N) is 2. The summed E-state index contributed by atoms with van der Waals surface area (Å²) in [6.07, 6.45) is 1.91. The molecule has 0 fully saturated rings. The first-order valence-electron chi connectivity index (χ1n) is 5.69. The molecule has 0 bridgehead atoms. The molecule has 7 heteroatoms. The molecule has 0 spiro atoms. The lowest BCUT2D eigenvalue weighted by Gasteiger charge is -2.15. The Balaban J connectivity index is 2.69. The fraction of sp³-hybridized carbons (Fsp3) is 0.545. The molecule has 100 valence electrons. The lowest BCUT2D eigenvalue weighted by Crippen LogP contribution is -2.32. The van der Waals surface area contributed by atoms with Gasteiger partial charge in [-0.1, -0.05) is 11.8 Å². The average molecular weight is 269 g/mol. The van der Waals surface area contributed by atoms with E-state index in [1.54, 1.807) is 25.1 Å². The van der Waals surface area contributed by atoms with Crippen molar-refractivity contribution in [2.45, 2.75) is 12.1 Å². The van der Waals surface area contributed by atoms with E-state index < -0.39 is 0 Å². The Hall–Kier alpha value is -1.50. The van der Waals surface area contributed by atoms with Crippen LogP contribution in [0.5, 0.6) is 0 Å². The predicted molar refractivity (Wildman–Crippen MR) is 75.2 cm³/mol. The average Bonchev–Trinajstić information content (AvgIpc) is 2.43. The van der Waals surface area contributed by atoms with Gasteiger partial charge in [-0.3, -0.25) is 4.79 Å². The number of rotatable bonds is 6. The first-order chi connectivity index (χ1) is 8.60. The molecule has 1 aromatic rings. The first-order valence-corrected chi connectivity index (χ1v) is 6.91. The number of anilines is 2. The van der Waals surface area contributed by atoms with Gasteiger partial charge in [-0.25, -0.2) is 9.97 Å². The Kier molecular flexibility index (Phi) is 5.70. The summed E-state index contributed by atoms with van der Waals surface area (Å²) in [6.45, 7) is 2.87. The highest BCUT2D eigenvalue weighted by atomic mass is 32.2. The summed E-state index contributed by atoms with van der Waals surface area (Å²) in [5.74, 6) is 1.41. The third-order valence-corrected chi connectivity index (χ3v) is 3.01. The number of carbonyl (C=O) groups excluding carboxylic acids is 1. The maximum atomic E-state index is 11.7.